The van der Waals surface area contributed by atoms with Crippen LogP contribution in [0, 0.1) is 10.1 Å². The number of carbonyl (C=O) groups excluding carboxylic acids is 2. The van der Waals surface area contributed by atoms with E-state index in [0.717, 1.165) is 50.2 Å². The Bertz CT molecular complexity index is 1260. The minimum atomic E-state index is -0.777. The van der Waals surface area contributed by atoms with Crippen molar-refractivity contribution in [3.05, 3.63) is 76.0 Å². The number of aromatic nitrogens is 2. The van der Waals surface area contributed by atoms with Crippen LogP contribution in [0.25, 0.3) is 5.69 Å². The van der Waals surface area contributed by atoms with E-state index in [1.807, 2.05) is 41.3 Å². The molecule has 1 aliphatic heterocycles. The van der Waals surface area contributed by atoms with Crippen LogP contribution >= 0.6 is 0 Å². The quantitative estimate of drug-likeness (QED) is 0.296. The molecule has 5 rings (SSSR count). The average Bonchev–Trinajstić information content (AvgIpc) is 3.41. The highest BCUT2D eigenvalue weighted by Crippen LogP contribution is 2.40. The molecule has 2 aliphatic rings. The summed E-state index contributed by atoms with van der Waals surface area (Å²) in [5, 5.41) is 18.7. The van der Waals surface area contributed by atoms with E-state index in [2.05, 4.69) is 10.4 Å². The predicted molar refractivity (Wildman–Crippen MR) is 129 cm³/mol. The molecule has 0 bridgehead atoms. The zero-order valence-corrected chi connectivity index (χ0v) is 19.1. The maximum Gasteiger partial charge on any atom is 0.341 e. The summed E-state index contributed by atoms with van der Waals surface area (Å²) in [6.45, 7) is 0.983. The van der Waals surface area contributed by atoms with Crippen molar-refractivity contribution >= 4 is 29.1 Å². The third-order valence-corrected chi connectivity index (χ3v) is 6.18. The highest BCUT2D eigenvalue weighted by atomic mass is 16.6. The maximum atomic E-state index is 12.9. The number of non-ortho nitro benzene ring substituents is 1. The molecule has 1 saturated heterocycles. The Hall–Kier alpha value is -4.21. The van der Waals surface area contributed by atoms with Crippen molar-refractivity contribution in [2.45, 2.75) is 31.6 Å². The standard InChI is InChI=1S/C25H25N5O5/c31-24(26-23-15-21(17-8-9-17)27-29(23)18-6-2-1-3-7-18)16-35-25(32)20-14-19(30(33)34)10-11-22(20)28-12-4-5-13-28/h1-3,6-7,10-11,14-15,17H,4-5,8-9,12-13,16H2,(H,26,31). The Morgan fingerprint density at radius 3 is 2.51 bits per heavy atom. The van der Waals surface area contributed by atoms with Gasteiger partial charge in [-0.05, 0) is 43.9 Å². The Labute approximate surface area is 201 Å². The summed E-state index contributed by atoms with van der Waals surface area (Å²) < 4.78 is 6.95. The summed E-state index contributed by atoms with van der Waals surface area (Å²) in [6, 6.07) is 15.4. The largest absolute Gasteiger partial charge is 0.452 e. The summed E-state index contributed by atoms with van der Waals surface area (Å²) in [5.41, 5.74) is 2.17. The summed E-state index contributed by atoms with van der Waals surface area (Å²) in [5.74, 6) is -0.412. The molecular formula is C25H25N5O5. The van der Waals surface area contributed by atoms with Gasteiger partial charge in [-0.1, -0.05) is 18.2 Å². The van der Waals surface area contributed by atoms with Crippen molar-refractivity contribution in [2.75, 3.05) is 29.9 Å². The molecule has 0 radical (unpaired) electrons. The van der Waals surface area contributed by atoms with E-state index in [-0.39, 0.29) is 11.3 Å². The monoisotopic (exact) mass is 475 g/mol. The van der Waals surface area contributed by atoms with Crippen molar-refractivity contribution in [1.82, 2.24) is 9.78 Å². The average molecular weight is 476 g/mol. The van der Waals surface area contributed by atoms with Crippen molar-refractivity contribution < 1.29 is 19.2 Å². The van der Waals surface area contributed by atoms with Crippen molar-refractivity contribution in [1.29, 1.82) is 0 Å². The van der Waals surface area contributed by atoms with Gasteiger partial charge in [0, 0.05) is 37.2 Å². The second-order valence-corrected chi connectivity index (χ2v) is 8.75. The zero-order valence-electron chi connectivity index (χ0n) is 19.1. The van der Waals surface area contributed by atoms with E-state index in [4.69, 9.17) is 4.74 Å². The first-order chi connectivity index (χ1) is 17.0. The van der Waals surface area contributed by atoms with E-state index >= 15 is 0 Å². The minimum absolute atomic E-state index is 0.0826. The second-order valence-electron chi connectivity index (χ2n) is 8.75. The number of nitro groups is 1. The van der Waals surface area contributed by atoms with E-state index in [1.54, 1.807) is 10.7 Å². The van der Waals surface area contributed by atoms with Gasteiger partial charge in [0.25, 0.3) is 11.6 Å². The molecule has 2 heterocycles. The van der Waals surface area contributed by atoms with Crippen molar-refractivity contribution in [2.24, 2.45) is 0 Å². The van der Waals surface area contributed by atoms with Gasteiger partial charge in [-0.15, -0.1) is 0 Å². The van der Waals surface area contributed by atoms with Gasteiger partial charge in [0.2, 0.25) is 0 Å². The number of benzene rings is 2. The molecular weight excluding hydrogens is 450 g/mol. The van der Waals surface area contributed by atoms with Gasteiger partial charge in [-0.2, -0.15) is 5.10 Å². The van der Waals surface area contributed by atoms with E-state index in [9.17, 15) is 19.7 Å². The minimum Gasteiger partial charge on any atom is -0.452 e. The highest BCUT2D eigenvalue weighted by molar-refractivity contribution is 5.99. The van der Waals surface area contributed by atoms with E-state index in [1.165, 1.54) is 12.1 Å². The summed E-state index contributed by atoms with van der Waals surface area (Å²) in [4.78, 5) is 38.3. The number of hydrogen-bond donors (Lipinski definition) is 1. The van der Waals surface area contributed by atoms with Crippen LogP contribution in [-0.2, 0) is 9.53 Å². The summed E-state index contributed by atoms with van der Waals surface area (Å²) >= 11 is 0. The molecule has 10 nitrogen and oxygen atoms in total. The Morgan fingerprint density at radius 2 is 1.83 bits per heavy atom. The van der Waals surface area contributed by atoms with Gasteiger partial charge in [0.05, 0.1) is 27.6 Å². The van der Waals surface area contributed by atoms with Crippen LogP contribution in [0.2, 0.25) is 0 Å². The molecule has 2 aromatic carbocycles. The smallest absolute Gasteiger partial charge is 0.341 e. The first-order valence-electron chi connectivity index (χ1n) is 11.7. The summed E-state index contributed by atoms with van der Waals surface area (Å²) in [6.07, 6.45) is 4.09. The molecule has 2 fully saturated rings. The second kappa shape index (κ2) is 9.57. The van der Waals surface area contributed by atoms with Gasteiger partial charge in [0.1, 0.15) is 5.82 Å². The van der Waals surface area contributed by atoms with Crippen molar-refractivity contribution in [3.63, 3.8) is 0 Å². The molecule has 180 valence electrons. The zero-order chi connectivity index (χ0) is 24.4. The molecule has 1 amide bonds. The fourth-order valence-corrected chi connectivity index (χ4v) is 4.26. The topological polar surface area (TPSA) is 120 Å². The fraction of sp³-hybridized carbons (Fsp3) is 0.320. The number of esters is 1. The lowest BCUT2D eigenvalue weighted by atomic mass is 10.1. The predicted octanol–water partition coefficient (Wildman–Crippen LogP) is 4.05. The molecule has 1 N–H and O–H groups in total. The lowest BCUT2D eigenvalue weighted by molar-refractivity contribution is -0.384. The molecule has 0 atom stereocenters. The molecule has 3 aromatic rings. The molecule has 1 aromatic heterocycles. The third kappa shape index (κ3) is 5.01. The van der Waals surface area contributed by atoms with Crippen LogP contribution in [0.4, 0.5) is 17.2 Å². The highest BCUT2D eigenvalue weighted by Gasteiger charge is 2.28. The SMILES string of the molecule is O=C(COC(=O)c1cc([N+](=O)[O-])ccc1N1CCCC1)Nc1cc(C2CC2)nn1-c1ccccc1. The Kier molecular flexibility index (Phi) is 6.17. The number of rotatable bonds is 8. The van der Waals surface area contributed by atoms with Gasteiger partial charge < -0.3 is 15.0 Å². The number of amides is 1. The number of hydrogen-bond acceptors (Lipinski definition) is 7. The van der Waals surface area contributed by atoms with Gasteiger partial charge in [-0.3, -0.25) is 14.9 Å². The lowest BCUT2D eigenvalue weighted by Gasteiger charge is -2.20. The normalized spacial score (nSPS) is 15.1. The van der Waals surface area contributed by atoms with E-state index < -0.39 is 23.4 Å². The van der Waals surface area contributed by atoms with Gasteiger partial charge in [0.15, 0.2) is 6.61 Å². The molecule has 0 spiro atoms. The number of anilines is 2. The fourth-order valence-electron chi connectivity index (χ4n) is 4.26. The first kappa shape index (κ1) is 22.6. The number of para-hydroxylation sites is 1. The lowest BCUT2D eigenvalue weighted by Crippen LogP contribution is -2.24. The molecule has 0 unspecified atom stereocenters. The number of nitro benzene ring substituents is 1. The molecule has 1 aliphatic carbocycles. The maximum absolute atomic E-state index is 12.9. The van der Waals surface area contributed by atoms with Crippen LogP contribution in [0.1, 0.15) is 47.7 Å². The van der Waals surface area contributed by atoms with Gasteiger partial charge >= 0.3 is 5.97 Å². The Morgan fingerprint density at radius 1 is 1.09 bits per heavy atom. The molecule has 10 heteroatoms. The van der Waals surface area contributed by atoms with Crippen LogP contribution in [-0.4, -0.2) is 46.3 Å². The van der Waals surface area contributed by atoms with Crippen LogP contribution in [0.15, 0.2) is 54.6 Å². The van der Waals surface area contributed by atoms with Crippen LogP contribution in [0.3, 0.4) is 0 Å². The first-order valence-corrected chi connectivity index (χ1v) is 11.7. The third-order valence-electron chi connectivity index (χ3n) is 6.18. The van der Waals surface area contributed by atoms with Crippen LogP contribution < -0.4 is 10.2 Å². The Balaban J connectivity index is 1.30. The number of ether oxygens (including phenoxy) is 1. The van der Waals surface area contributed by atoms with Gasteiger partial charge in [-0.25, -0.2) is 9.48 Å². The van der Waals surface area contributed by atoms with E-state index in [0.29, 0.717) is 17.4 Å². The molecule has 1 saturated carbocycles. The number of carbonyl (C=O) groups is 2. The molecule has 35 heavy (non-hydrogen) atoms. The number of nitrogens with zero attached hydrogens (tertiary/aromatic N) is 4. The summed E-state index contributed by atoms with van der Waals surface area (Å²) in [7, 11) is 0. The number of nitrogens with one attached hydrogen (secondary N) is 1. The van der Waals surface area contributed by atoms with Crippen LogP contribution in [0.5, 0.6) is 0 Å². The van der Waals surface area contributed by atoms with Crippen molar-refractivity contribution in [3.8, 4) is 5.69 Å².